The van der Waals surface area contributed by atoms with E-state index >= 15 is 0 Å². The highest BCUT2D eigenvalue weighted by molar-refractivity contribution is 6.30. The van der Waals surface area contributed by atoms with Gasteiger partial charge in [-0.05, 0) is 30.3 Å². The van der Waals surface area contributed by atoms with E-state index in [1.54, 1.807) is 29.2 Å². The summed E-state index contributed by atoms with van der Waals surface area (Å²) >= 11 is 6.05. The summed E-state index contributed by atoms with van der Waals surface area (Å²) in [7, 11) is 0. The molecule has 150 valence electrons. The van der Waals surface area contributed by atoms with Gasteiger partial charge in [0.15, 0.2) is 0 Å². The van der Waals surface area contributed by atoms with Gasteiger partial charge in [-0.25, -0.2) is 4.79 Å². The van der Waals surface area contributed by atoms with Crippen LogP contribution in [0, 0.1) is 0 Å². The Balaban J connectivity index is 1.25. The molecule has 0 bridgehead atoms. The molecule has 2 aliphatic rings. The number of fused-ring (bicyclic) bond motifs is 1. The van der Waals surface area contributed by atoms with Crippen LogP contribution in [0.4, 0.5) is 10.5 Å². The second-order valence-electron chi connectivity index (χ2n) is 6.99. The van der Waals surface area contributed by atoms with Crippen molar-refractivity contribution < 1.29 is 14.4 Å². The third-order valence-corrected chi connectivity index (χ3v) is 5.47. The quantitative estimate of drug-likeness (QED) is 0.783. The number of hydrogen-bond donors (Lipinski definition) is 1. The summed E-state index contributed by atoms with van der Waals surface area (Å²) in [4.78, 5) is 42.2. The second-order valence-corrected chi connectivity index (χ2v) is 7.43. The van der Waals surface area contributed by atoms with Gasteiger partial charge in [0.2, 0.25) is 0 Å². The summed E-state index contributed by atoms with van der Waals surface area (Å²) in [6.07, 6.45) is 0. The average Bonchev–Trinajstić information content (AvgIpc) is 2.99. The molecule has 0 radical (unpaired) electrons. The highest BCUT2D eigenvalue weighted by Gasteiger charge is 2.34. The molecule has 0 aromatic heterocycles. The fourth-order valence-electron chi connectivity index (χ4n) is 3.67. The molecule has 7 nitrogen and oxygen atoms in total. The molecule has 0 spiro atoms. The van der Waals surface area contributed by atoms with Gasteiger partial charge in [0.05, 0.1) is 11.1 Å². The third kappa shape index (κ3) is 3.91. The molecule has 1 saturated heterocycles. The summed E-state index contributed by atoms with van der Waals surface area (Å²) in [5.74, 6) is -0.620. The maximum Gasteiger partial charge on any atom is 0.317 e. The van der Waals surface area contributed by atoms with Crippen molar-refractivity contribution in [2.24, 2.45) is 0 Å². The lowest BCUT2D eigenvalue weighted by molar-refractivity contribution is 0.0655. The average molecular weight is 413 g/mol. The van der Waals surface area contributed by atoms with Gasteiger partial charge >= 0.3 is 6.03 Å². The number of nitrogens with zero attached hydrogens (tertiary/aromatic N) is 3. The standard InChI is InChI=1S/C21H21ClN4O3/c22-15-4-3-5-16(14-15)24-10-12-25(13-11-24)21(29)23-8-9-26-19(27)17-6-1-2-7-18(17)20(26)28/h1-7,14H,8-13H2,(H,23,29). The predicted octanol–water partition coefficient (Wildman–Crippen LogP) is 2.47. The molecule has 2 heterocycles. The van der Waals surface area contributed by atoms with Crippen LogP contribution in [-0.2, 0) is 0 Å². The van der Waals surface area contributed by atoms with E-state index in [-0.39, 0.29) is 30.9 Å². The first kappa shape index (κ1) is 19.3. The highest BCUT2D eigenvalue weighted by Crippen LogP contribution is 2.22. The van der Waals surface area contributed by atoms with Crippen molar-refractivity contribution in [3.8, 4) is 0 Å². The van der Waals surface area contributed by atoms with Crippen molar-refractivity contribution in [3.63, 3.8) is 0 Å². The number of imide groups is 1. The van der Waals surface area contributed by atoms with Gasteiger partial charge in [0, 0.05) is 50.0 Å². The fraction of sp³-hybridized carbons (Fsp3) is 0.286. The van der Waals surface area contributed by atoms with E-state index in [0.29, 0.717) is 42.3 Å². The van der Waals surface area contributed by atoms with Crippen LogP contribution in [0.25, 0.3) is 0 Å². The highest BCUT2D eigenvalue weighted by atomic mass is 35.5. The normalized spacial score (nSPS) is 16.2. The maximum absolute atomic E-state index is 12.4. The van der Waals surface area contributed by atoms with Crippen molar-refractivity contribution in [1.82, 2.24) is 15.1 Å². The molecule has 4 amide bonds. The lowest BCUT2D eigenvalue weighted by atomic mass is 10.1. The molecule has 1 N–H and O–H groups in total. The Hall–Kier alpha value is -3.06. The first-order valence-electron chi connectivity index (χ1n) is 9.53. The number of rotatable bonds is 4. The van der Waals surface area contributed by atoms with Crippen LogP contribution in [0.15, 0.2) is 48.5 Å². The van der Waals surface area contributed by atoms with Crippen LogP contribution in [-0.4, -0.2) is 66.9 Å². The van der Waals surface area contributed by atoms with Gasteiger partial charge in [-0.15, -0.1) is 0 Å². The monoisotopic (exact) mass is 412 g/mol. The Morgan fingerprint density at radius 2 is 1.59 bits per heavy atom. The molecule has 2 aliphatic heterocycles. The fourth-order valence-corrected chi connectivity index (χ4v) is 3.85. The topological polar surface area (TPSA) is 73.0 Å². The molecular weight excluding hydrogens is 392 g/mol. The predicted molar refractivity (Wildman–Crippen MR) is 110 cm³/mol. The van der Waals surface area contributed by atoms with Gasteiger partial charge < -0.3 is 15.1 Å². The molecule has 1 fully saturated rings. The van der Waals surface area contributed by atoms with E-state index in [9.17, 15) is 14.4 Å². The van der Waals surface area contributed by atoms with Crippen molar-refractivity contribution in [1.29, 1.82) is 0 Å². The van der Waals surface area contributed by atoms with E-state index in [1.807, 2.05) is 24.3 Å². The Labute approximate surface area is 173 Å². The molecule has 0 saturated carbocycles. The van der Waals surface area contributed by atoms with Gasteiger partial charge in [0.1, 0.15) is 0 Å². The first-order chi connectivity index (χ1) is 14.0. The van der Waals surface area contributed by atoms with Gasteiger partial charge in [-0.3, -0.25) is 14.5 Å². The molecule has 2 aromatic rings. The van der Waals surface area contributed by atoms with Crippen molar-refractivity contribution in [2.75, 3.05) is 44.2 Å². The van der Waals surface area contributed by atoms with Crippen molar-refractivity contribution in [2.45, 2.75) is 0 Å². The first-order valence-corrected chi connectivity index (χ1v) is 9.91. The zero-order valence-electron chi connectivity index (χ0n) is 15.8. The van der Waals surface area contributed by atoms with E-state index in [2.05, 4.69) is 10.2 Å². The Morgan fingerprint density at radius 3 is 2.21 bits per heavy atom. The summed E-state index contributed by atoms with van der Waals surface area (Å²) < 4.78 is 0. The van der Waals surface area contributed by atoms with Crippen molar-refractivity contribution >= 4 is 35.1 Å². The summed E-state index contributed by atoms with van der Waals surface area (Å²) in [6.45, 7) is 2.98. The molecule has 8 heteroatoms. The van der Waals surface area contributed by atoms with E-state index < -0.39 is 0 Å². The zero-order chi connectivity index (χ0) is 20.4. The number of piperazine rings is 1. The number of anilines is 1. The molecule has 2 aromatic carbocycles. The van der Waals surface area contributed by atoms with Gasteiger partial charge in [0.25, 0.3) is 11.8 Å². The minimum Gasteiger partial charge on any atom is -0.368 e. The molecule has 0 unspecified atom stereocenters. The number of benzene rings is 2. The Bertz CT molecular complexity index is 921. The van der Waals surface area contributed by atoms with Crippen molar-refractivity contribution in [3.05, 3.63) is 64.7 Å². The lowest BCUT2D eigenvalue weighted by Crippen LogP contribution is -2.52. The number of carbonyl (C=O) groups excluding carboxylic acids is 3. The van der Waals surface area contributed by atoms with Crippen LogP contribution >= 0.6 is 11.6 Å². The number of halogens is 1. The SMILES string of the molecule is O=C(NCCN1C(=O)c2ccccc2C1=O)N1CCN(c2cccc(Cl)c2)CC1. The number of amides is 4. The number of nitrogens with one attached hydrogen (secondary N) is 1. The lowest BCUT2D eigenvalue weighted by Gasteiger charge is -2.36. The van der Waals surface area contributed by atoms with E-state index in [0.717, 1.165) is 5.69 Å². The largest absolute Gasteiger partial charge is 0.368 e. The van der Waals surface area contributed by atoms with Crippen LogP contribution in [0.3, 0.4) is 0 Å². The second kappa shape index (κ2) is 8.13. The summed E-state index contributed by atoms with van der Waals surface area (Å²) in [5.41, 5.74) is 1.88. The number of urea groups is 1. The smallest absolute Gasteiger partial charge is 0.317 e. The number of hydrogen-bond acceptors (Lipinski definition) is 4. The minimum absolute atomic E-state index is 0.153. The molecular formula is C21H21ClN4O3. The van der Waals surface area contributed by atoms with Crippen LogP contribution in [0.1, 0.15) is 20.7 Å². The van der Waals surface area contributed by atoms with Crippen LogP contribution < -0.4 is 10.2 Å². The molecule has 0 atom stereocenters. The van der Waals surface area contributed by atoms with Crippen LogP contribution in [0.2, 0.25) is 5.02 Å². The Kier molecular flexibility index (Phi) is 5.40. The zero-order valence-corrected chi connectivity index (χ0v) is 16.6. The Morgan fingerprint density at radius 1 is 0.931 bits per heavy atom. The third-order valence-electron chi connectivity index (χ3n) is 5.23. The van der Waals surface area contributed by atoms with Gasteiger partial charge in [-0.2, -0.15) is 0 Å². The maximum atomic E-state index is 12.4. The van der Waals surface area contributed by atoms with Crippen LogP contribution in [0.5, 0.6) is 0 Å². The van der Waals surface area contributed by atoms with E-state index in [4.69, 9.17) is 11.6 Å². The molecule has 29 heavy (non-hydrogen) atoms. The molecule has 4 rings (SSSR count). The van der Waals surface area contributed by atoms with Gasteiger partial charge in [-0.1, -0.05) is 29.8 Å². The number of carbonyl (C=O) groups is 3. The van der Waals surface area contributed by atoms with E-state index in [1.165, 1.54) is 4.90 Å². The molecule has 0 aliphatic carbocycles. The minimum atomic E-state index is -0.310. The summed E-state index contributed by atoms with van der Waals surface area (Å²) in [5, 5.41) is 3.50. The summed E-state index contributed by atoms with van der Waals surface area (Å²) in [6, 6.07) is 14.2.